The van der Waals surface area contributed by atoms with Gasteiger partial charge in [-0.25, -0.2) is 4.79 Å². The molecule has 0 amide bonds. The molecule has 0 radical (unpaired) electrons. The molecule has 0 spiro atoms. The van der Waals surface area contributed by atoms with Crippen LogP contribution < -0.4 is 10.6 Å². The minimum atomic E-state index is -0.882. The molecule has 1 N–H and O–H groups in total. The van der Waals surface area contributed by atoms with Gasteiger partial charge in [0.25, 0.3) is 0 Å². The summed E-state index contributed by atoms with van der Waals surface area (Å²) in [6.07, 6.45) is 0. The van der Waals surface area contributed by atoms with E-state index in [1.807, 2.05) is 0 Å². The van der Waals surface area contributed by atoms with Gasteiger partial charge in [0, 0.05) is 12.0 Å². The molecule has 6 nitrogen and oxygen atoms in total. The third-order valence-electron chi connectivity index (χ3n) is 3.72. The van der Waals surface area contributed by atoms with Gasteiger partial charge < -0.3 is 18.7 Å². The molecular weight excluding hydrogens is 300 g/mol. The molecule has 0 saturated carbocycles. The lowest BCUT2D eigenvalue weighted by Crippen LogP contribution is -2.10. The van der Waals surface area contributed by atoms with Gasteiger partial charge in [0.1, 0.15) is 11.5 Å². The second-order valence-corrected chi connectivity index (χ2v) is 5.13. The van der Waals surface area contributed by atoms with Crippen molar-refractivity contribution in [3.05, 3.63) is 58.1 Å². The number of hydrogen-bond donors (Lipinski definition) is 1. The van der Waals surface area contributed by atoms with Crippen molar-refractivity contribution in [2.75, 3.05) is 7.11 Å². The Kier molecular flexibility index (Phi) is 3.65. The number of aromatic hydroxyl groups is 1. The normalized spacial score (nSPS) is 12.3. The molecule has 6 heteroatoms. The minimum absolute atomic E-state index is 0.0744. The summed E-state index contributed by atoms with van der Waals surface area (Å²) < 4.78 is 14.7. The predicted molar refractivity (Wildman–Crippen MR) is 82.2 cm³/mol. The maximum absolute atomic E-state index is 12.6. The fraction of sp³-hybridized carbons (Fsp3) is 0.176. The van der Waals surface area contributed by atoms with Crippen molar-refractivity contribution >= 4 is 16.9 Å². The van der Waals surface area contributed by atoms with Crippen LogP contribution >= 0.6 is 0 Å². The summed E-state index contributed by atoms with van der Waals surface area (Å²) in [7, 11) is 1.57. The SMILES string of the molecule is COc1ccc(C(C)C(=O)c2cc3oc(=O)oc3cc2O)cc1. The number of phenols is 1. The van der Waals surface area contributed by atoms with Crippen LogP contribution in [0.15, 0.2) is 50.0 Å². The molecule has 0 aliphatic carbocycles. The number of hydrogen-bond acceptors (Lipinski definition) is 6. The van der Waals surface area contributed by atoms with Crippen LogP contribution in [-0.2, 0) is 0 Å². The second kappa shape index (κ2) is 5.64. The Labute approximate surface area is 130 Å². The maximum atomic E-state index is 12.6. The van der Waals surface area contributed by atoms with E-state index < -0.39 is 11.7 Å². The lowest BCUT2D eigenvalue weighted by molar-refractivity contribution is 0.0963. The summed E-state index contributed by atoms with van der Waals surface area (Å²) in [5, 5.41) is 10.0. The molecule has 1 aromatic heterocycles. The molecule has 3 aromatic rings. The zero-order chi connectivity index (χ0) is 16.6. The molecule has 1 unspecified atom stereocenters. The number of benzene rings is 2. The Hall–Kier alpha value is -3.02. The Morgan fingerprint density at radius 1 is 1.13 bits per heavy atom. The summed E-state index contributed by atoms with van der Waals surface area (Å²) in [5.74, 6) is -1.22. The highest BCUT2D eigenvalue weighted by molar-refractivity contribution is 6.04. The number of phenolic OH excluding ortho intramolecular Hbond substituents is 1. The molecule has 1 atom stereocenters. The zero-order valence-electron chi connectivity index (χ0n) is 12.5. The minimum Gasteiger partial charge on any atom is -0.507 e. The molecule has 0 saturated heterocycles. The van der Waals surface area contributed by atoms with Crippen molar-refractivity contribution < 1.29 is 23.5 Å². The highest BCUT2D eigenvalue weighted by Gasteiger charge is 2.22. The van der Waals surface area contributed by atoms with Crippen LogP contribution in [0.3, 0.4) is 0 Å². The predicted octanol–water partition coefficient (Wildman–Crippen LogP) is 3.09. The lowest BCUT2D eigenvalue weighted by atomic mass is 9.92. The number of ether oxygens (including phenoxy) is 1. The van der Waals surface area contributed by atoms with E-state index in [0.29, 0.717) is 5.75 Å². The first-order valence-electron chi connectivity index (χ1n) is 6.94. The van der Waals surface area contributed by atoms with Crippen molar-refractivity contribution in [2.24, 2.45) is 0 Å². The van der Waals surface area contributed by atoms with Gasteiger partial charge in [-0.1, -0.05) is 19.1 Å². The molecule has 3 rings (SSSR count). The molecule has 23 heavy (non-hydrogen) atoms. The first kappa shape index (κ1) is 14.9. The average molecular weight is 314 g/mol. The fourth-order valence-corrected chi connectivity index (χ4v) is 2.38. The van der Waals surface area contributed by atoms with Crippen LogP contribution in [0.1, 0.15) is 28.8 Å². The third kappa shape index (κ3) is 2.70. The Bertz CT molecular complexity index is 916. The summed E-state index contributed by atoms with van der Waals surface area (Å²) in [6.45, 7) is 1.74. The van der Waals surface area contributed by atoms with Crippen LogP contribution in [0.5, 0.6) is 11.5 Å². The molecule has 2 aromatic carbocycles. The first-order chi connectivity index (χ1) is 11.0. The van der Waals surface area contributed by atoms with Gasteiger partial charge in [-0.05, 0) is 23.8 Å². The van der Waals surface area contributed by atoms with E-state index in [1.165, 1.54) is 12.1 Å². The lowest BCUT2D eigenvalue weighted by Gasteiger charge is -2.12. The number of carbonyl (C=O) groups excluding carboxylic acids is 1. The topological polar surface area (TPSA) is 89.9 Å². The Morgan fingerprint density at radius 2 is 1.74 bits per heavy atom. The second-order valence-electron chi connectivity index (χ2n) is 5.13. The first-order valence-corrected chi connectivity index (χ1v) is 6.94. The monoisotopic (exact) mass is 314 g/mol. The van der Waals surface area contributed by atoms with Crippen LogP contribution in [-0.4, -0.2) is 18.0 Å². The van der Waals surface area contributed by atoms with Crippen molar-refractivity contribution in [1.82, 2.24) is 0 Å². The summed E-state index contributed by atoms with van der Waals surface area (Å²) in [4.78, 5) is 23.7. The van der Waals surface area contributed by atoms with Crippen molar-refractivity contribution in [3.8, 4) is 11.5 Å². The smallest absolute Gasteiger partial charge is 0.507 e. The molecular formula is C17H14O6. The van der Waals surface area contributed by atoms with Gasteiger partial charge in [0.2, 0.25) is 0 Å². The van der Waals surface area contributed by atoms with E-state index in [2.05, 4.69) is 0 Å². The van der Waals surface area contributed by atoms with Gasteiger partial charge in [-0.15, -0.1) is 0 Å². The number of rotatable bonds is 4. The summed E-state index contributed by atoms with van der Waals surface area (Å²) in [6, 6.07) is 9.62. The Balaban J connectivity index is 1.97. The molecule has 0 bridgehead atoms. The van der Waals surface area contributed by atoms with Crippen LogP contribution in [0.2, 0.25) is 0 Å². The molecule has 0 aliphatic rings. The van der Waals surface area contributed by atoms with E-state index in [0.717, 1.165) is 5.56 Å². The van der Waals surface area contributed by atoms with Gasteiger partial charge in [0.15, 0.2) is 16.9 Å². The van der Waals surface area contributed by atoms with Crippen LogP contribution in [0.4, 0.5) is 0 Å². The quantitative estimate of drug-likeness (QED) is 0.744. The van der Waals surface area contributed by atoms with Gasteiger partial charge in [-0.2, -0.15) is 0 Å². The summed E-state index contributed by atoms with van der Waals surface area (Å²) in [5.41, 5.74) is 1.08. The average Bonchev–Trinajstić information content (AvgIpc) is 2.91. The van der Waals surface area contributed by atoms with Crippen molar-refractivity contribution in [2.45, 2.75) is 12.8 Å². The van der Waals surface area contributed by atoms with Crippen molar-refractivity contribution in [3.63, 3.8) is 0 Å². The van der Waals surface area contributed by atoms with E-state index in [9.17, 15) is 14.7 Å². The van der Waals surface area contributed by atoms with E-state index in [-0.39, 0.29) is 28.3 Å². The number of Topliss-reactive ketones (excluding diaryl/α,β-unsaturated/α-hetero) is 1. The van der Waals surface area contributed by atoms with E-state index in [4.69, 9.17) is 13.6 Å². The Morgan fingerprint density at radius 3 is 2.35 bits per heavy atom. The molecule has 0 aliphatic heterocycles. The highest BCUT2D eigenvalue weighted by atomic mass is 16.6. The van der Waals surface area contributed by atoms with Gasteiger partial charge in [0.05, 0.1) is 12.7 Å². The highest BCUT2D eigenvalue weighted by Crippen LogP contribution is 2.30. The number of fused-ring (bicyclic) bond motifs is 1. The van der Waals surface area contributed by atoms with Crippen molar-refractivity contribution in [1.29, 1.82) is 0 Å². The molecule has 0 fully saturated rings. The summed E-state index contributed by atoms with van der Waals surface area (Å²) >= 11 is 0. The fourth-order valence-electron chi connectivity index (χ4n) is 2.38. The number of methoxy groups -OCH3 is 1. The maximum Gasteiger partial charge on any atom is 0.519 e. The van der Waals surface area contributed by atoms with Gasteiger partial charge >= 0.3 is 5.82 Å². The largest absolute Gasteiger partial charge is 0.519 e. The number of ketones is 1. The van der Waals surface area contributed by atoms with E-state index in [1.54, 1.807) is 38.3 Å². The van der Waals surface area contributed by atoms with Crippen LogP contribution in [0.25, 0.3) is 11.2 Å². The third-order valence-corrected chi connectivity index (χ3v) is 3.72. The molecule has 1 heterocycles. The van der Waals surface area contributed by atoms with Crippen LogP contribution in [0, 0.1) is 0 Å². The zero-order valence-corrected chi connectivity index (χ0v) is 12.5. The molecule has 118 valence electrons. The van der Waals surface area contributed by atoms with Gasteiger partial charge in [-0.3, -0.25) is 4.79 Å². The van der Waals surface area contributed by atoms with E-state index >= 15 is 0 Å². The number of carbonyl (C=O) groups is 1. The standard InChI is InChI=1S/C17H14O6/c1-9(10-3-5-11(21-2)6-4-10)16(19)12-7-14-15(8-13(12)18)23-17(20)22-14/h3-9,18H,1-2H3.